The summed E-state index contributed by atoms with van der Waals surface area (Å²) in [5.41, 5.74) is 2.33. The lowest BCUT2D eigenvalue weighted by molar-refractivity contribution is 0.0926. The lowest BCUT2D eigenvalue weighted by Crippen LogP contribution is -2.35. The first-order chi connectivity index (χ1) is 10.9. The Bertz CT molecular complexity index is 538. The topological polar surface area (TPSA) is 51.8 Å². The third-order valence-corrected chi connectivity index (χ3v) is 5.47. The number of Topliss-reactive ketones (excluding diaryl/α,β-unsaturated/α-hetero) is 1. The number of rotatable bonds is 5. The van der Waals surface area contributed by atoms with Crippen molar-refractivity contribution in [2.45, 2.75) is 58.3 Å². The van der Waals surface area contributed by atoms with E-state index in [1.54, 1.807) is 0 Å². The summed E-state index contributed by atoms with van der Waals surface area (Å²) in [6.07, 6.45) is 5.98. The molecule has 2 N–H and O–H groups in total. The van der Waals surface area contributed by atoms with Crippen molar-refractivity contribution >= 4 is 22.8 Å². The Balaban J connectivity index is 0.00000156. The zero-order valence-corrected chi connectivity index (χ0v) is 17.6. The van der Waals surface area contributed by atoms with E-state index in [1.165, 1.54) is 50.9 Å². The average Bonchev–Trinajstić information content (AvgIpc) is 3.32. The van der Waals surface area contributed by atoms with Gasteiger partial charge < -0.3 is 10.4 Å². The largest absolute Gasteiger partial charge is 0.412 e. The molecule has 0 unspecified atom stereocenters. The molecule has 25 heavy (non-hydrogen) atoms. The van der Waals surface area contributed by atoms with Gasteiger partial charge >= 0.3 is 0 Å². The summed E-state index contributed by atoms with van der Waals surface area (Å²) in [5, 5.41) is 0. The lowest BCUT2D eigenvalue weighted by Gasteiger charge is -2.31. The van der Waals surface area contributed by atoms with E-state index in [0.717, 1.165) is 17.9 Å². The molecule has 0 bridgehead atoms. The van der Waals surface area contributed by atoms with Gasteiger partial charge in [-0.05, 0) is 61.6 Å². The van der Waals surface area contributed by atoms with Crippen LogP contribution in [0.25, 0.3) is 0 Å². The van der Waals surface area contributed by atoms with Crippen molar-refractivity contribution < 1.29 is 10.3 Å². The van der Waals surface area contributed by atoms with Gasteiger partial charge in [-0.1, -0.05) is 45.0 Å². The van der Waals surface area contributed by atoms with Crippen molar-refractivity contribution in [1.29, 1.82) is 0 Å². The minimum Gasteiger partial charge on any atom is -0.412 e. The van der Waals surface area contributed by atoms with Gasteiger partial charge in [0.25, 0.3) is 0 Å². The third kappa shape index (κ3) is 6.50. The van der Waals surface area contributed by atoms with Gasteiger partial charge in [0.2, 0.25) is 0 Å². The normalized spacial score (nSPS) is 19.0. The first-order valence-electron chi connectivity index (χ1n) is 9.28. The van der Waals surface area contributed by atoms with Crippen LogP contribution in [-0.4, -0.2) is 35.8 Å². The zero-order valence-electron chi connectivity index (χ0n) is 15.9. The van der Waals surface area contributed by atoms with E-state index in [2.05, 4.69) is 37.8 Å². The summed E-state index contributed by atoms with van der Waals surface area (Å²) in [6, 6.07) is 8.27. The van der Waals surface area contributed by atoms with Crippen LogP contribution in [0.5, 0.6) is 0 Å². The number of likely N-dealkylation sites (tertiary alicyclic amines) is 1. The highest BCUT2D eigenvalue weighted by Crippen LogP contribution is 2.32. The fourth-order valence-corrected chi connectivity index (χ4v) is 3.57. The fourth-order valence-electron chi connectivity index (χ4n) is 3.57. The Morgan fingerprint density at radius 1 is 1.00 bits per heavy atom. The molecule has 0 aromatic heterocycles. The Morgan fingerprint density at radius 3 is 2.04 bits per heavy atom. The number of carbonyl (C=O) groups is 1. The standard InChI is InChI=1S/C21H31NO.BrH.H2O/c1-21(2,3)19-8-6-18(7-9-19)20(23)14-16-10-12-22(13-11-16)15-17-4-5-17;;/h6-9,16-17H,4-5,10-15H2,1-3H3;1H;1H2. The molecule has 0 radical (unpaired) electrons. The van der Waals surface area contributed by atoms with Crippen molar-refractivity contribution in [3.63, 3.8) is 0 Å². The van der Waals surface area contributed by atoms with Gasteiger partial charge in [-0.15, -0.1) is 17.0 Å². The van der Waals surface area contributed by atoms with Gasteiger partial charge in [-0.3, -0.25) is 4.79 Å². The summed E-state index contributed by atoms with van der Waals surface area (Å²) < 4.78 is 0. The number of carbonyl (C=O) groups excluding carboxylic acids is 1. The molecule has 3 nitrogen and oxygen atoms in total. The van der Waals surface area contributed by atoms with Gasteiger partial charge in [0.1, 0.15) is 0 Å². The van der Waals surface area contributed by atoms with Crippen LogP contribution in [0.15, 0.2) is 24.3 Å². The van der Waals surface area contributed by atoms with Gasteiger partial charge in [0.05, 0.1) is 0 Å². The number of piperidine rings is 1. The molecule has 1 heterocycles. The van der Waals surface area contributed by atoms with Crippen LogP contribution in [0, 0.1) is 11.8 Å². The number of ketones is 1. The molecule has 0 spiro atoms. The number of benzene rings is 1. The second kappa shape index (κ2) is 9.29. The van der Waals surface area contributed by atoms with Crippen LogP contribution in [0.3, 0.4) is 0 Å². The molecule has 4 heteroatoms. The first-order valence-corrected chi connectivity index (χ1v) is 9.28. The highest BCUT2D eigenvalue weighted by atomic mass is 79.9. The number of hydrogen-bond acceptors (Lipinski definition) is 2. The van der Waals surface area contributed by atoms with E-state index < -0.39 is 0 Å². The van der Waals surface area contributed by atoms with Gasteiger partial charge in [-0.2, -0.15) is 0 Å². The summed E-state index contributed by atoms with van der Waals surface area (Å²) in [4.78, 5) is 15.1. The molecular formula is C21H34BrNO2. The molecule has 2 fully saturated rings. The van der Waals surface area contributed by atoms with Gasteiger partial charge in [0.15, 0.2) is 5.78 Å². The second-order valence-electron chi connectivity index (χ2n) is 8.64. The Labute approximate surface area is 163 Å². The minimum atomic E-state index is 0. The van der Waals surface area contributed by atoms with E-state index in [-0.39, 0.29) is 27.9 Å². The van der Waals surface area contributed by atoms with Crippen LogP contribution in [0.4, 0.5) is 0 Å². The molecule has 1 aliphatic heterocycles. The number of halogens is 1. The van der Waals surface area contributed by atoms with E-state index in [0.29, 0.717) is 11.7 Å². The minimum absolute atomic E-state index is 0. The lowest BCUT2D eigenvalue weighted by atomic mass is 9.85. The van der Waals surface area contributed by atoms with Crippen LogP contribution in [-0.2, 0) is 5.41 Å². The molecule has 1 aromatic carbocycles. The highest BCUT2D eigenvalue weighted by molar-refractivity contribution is 8.93. The molecule has 142 valence electrons. The molecule has 0 amide bonds. The quantitative estimate of drug-likeness (QED) is 0.672. The predicted molar refractivity (Wildman–Crippen MR) is 110 cm³/mol. The summed E-state index contributed by atoms with van der Waals surface area (Å²) in [6.45, 7) is 10.3. The molecular weight excluding hydrogens is 378 g/mol. The molecule has 1 saturated carbocycles. The van der Waals surface area contributed by atoms with E-state index in [4.69, 9.17) is 0 Å². The smallest absolute Gasteiger partial charge is 0.163 e. The Kier molecular flexibility index (Phi) is 8.30. The number of nitrogens with zero attached hydrogens (tertiary/aromatic N) is 1. The summed E-state index contributed by atoms with van der Waals surface area (Å²) >= 11 is 0. The molecule has 0 atom stereocenters. The Hall–Kier alpha value is -0.710. The SMILES string of the molecule is Br.CC(C)(C)c1ccc(C(=O)CC2CCN(CC3CC3)CC2)cc1.O. The van der Waals surface area contributed by atoms with Crippen LogP contribution in [0.2, 0.25) is 0 Å². The molecule has 1 aliphatic carbocycles. The fraction of sp³-hybridized carbons (Fsp3) is 0.667. The molecule has 1 aromatic rings. The monoisotopic (exact) mass is 411 g/mol. The highest BCUT2D eigenvalue weighted by Gasteiger charge is 2.27. The van der Waals surface area contributed by atoms with Crippen molar-refractivity contribution in [3.8, 4) is 0 Å². The van der Waals surface area contributed by atoms with E-state index >= 15 is 0 Å². The van der Waals surface area contributed by atoms with Crippen LogP contribution >= 0.6 is 17.0 Å². The van der Waals surface area contributed by atoms with Crippen LogP contribution < -0.4 is 0 Å². The number of hydrogen-bond donors (Lipinski definition) is 0. The maximum atomic E-state index is 12.5. The van der Waals surface area contributed by atoms with E-state index in [9.17, 15) is 4.79 Å². The Morgan fingerprint density at radius 2 is 1.56 bits per heavy atom. The van der Waals surface area contributed by atoms with E-state index in [1.807, 2.05) is 12.1 Å². The van der Waals surface area contributed by atoms with Crippen molar-refractivity contribution in [3.05, 3.63) is 35.4 Å². The molecule has 2 aliphatic rings. The first kappa shape index (κ1) is 22.3. The summed E-state index contributed by atoms with van der Waals surface area (Å²) in [7, 11) is 0. The van der Waals surface area contributed by atoms with Gasteiger partial charge in [0, 0.05) is 18.5 Å². The molecule has 3 rings (SSSR count). The van der Waals surface area contributed by atoms with Crippen molar-refractivity contribution in [2.24, 2.45) is 11.8 Å². The maximum absolute atomic E-state index is 12.5. The third-order valence-electron chi connectivity index (χ3n) is 5.47. The predicted octanol–water partition coefficient (Wildman–Crippen LogP) is 4.43. The van der Waals surface area contributed by atoms with Crippen LogP contribution in [0.1, 0.15) is 68.8 Å². The second-order valence-corrected chi connectivity index (χ2v) is 8.64. The van der Waals surface area contributed by atoms with Crippen molar-refractivity contribution in [2.75, 3.05) is 19.6 Å². The van der Waals surface area contributed by atoms with Gasteiger partial charge in [-0.25, -0.2) is 0 Å². The molecule has 1 saturated heterocycles. The average molecular weight is 412 g/mol. The maximum Gasteiger partial charge on any atom is 0.163 e. The summed E-state index contributed by atoms with van der Waals surface area (Å²) in [5.74, 6) is 1.89. The van der Waals surface area contributed by atoms with Crippen molar-refractivity contribution in [1.82, 2.24) is 4.90 Å². The zero-order chi connectivity index (χ0) is 16.4.